The lowest BCUT2D eigenvalue weighted by Crippen LogP contribution is -2.03. The van der Waals surface area contributed by atoms with Crippen LogP contribution in [-0.2, 0) is 0 Å². The van der Waals surface area contributed by atoms with Gasteiger partial charge in [-0.1, -0.05) is 24.3 Å². The average molecular weight is 216 g/mol. The zero-order chi connectivity index (χ0) is 10.8. The summed E-state index contributed by atoms with van der Waals surface area (Å²) in [5.41, 5.74) is 2.67. The Hall–Kier alpha value is -1.41. The van der Waals surface area contributed by atoms with Gasteiger partial charge in [-0.25, -0.2) is 0 Å². The summed E-state index contributed by atoms with van der Waals surface area (Å²) in [4.78, 5) is 13.2. The van der Waals surface area contributed by atoms with Crippen LogP contribution in [0.4, 0.5) is 0 Å². The van der Waals surface area contributed by atoms with Crippen molar-refractivity contribution in [3.8, 4) is 0 Å². The third-order valence-electron chi connectivity index (χ3n) is 2.49. The number of thiophene rings is 1. The Balaban J connectivity index is 2.46. The molecule has 76 valence electrons. The first kappa shape index (κ1) is 10.1. The van der Waals surface area contributed by atoms with E-state index < -0.39 is 0 Å². The predicted molar refractivity (Wildman–Crippen MR) is 63.7 cm³/mol. The number of benzene rings is 1. The standard InChI is InChI=1S/C13H12OS/c1-9-5-3-4-6-11(9)13(14)12-7-8-15-10(12)2/h3-8H,1-2H3. The number of carbonyl (C=O) groups is 1. The fourth-order valence-corrected chi connectivity index (χ4v) is 2.29. The molecule has 2 heteroatoms. The van der Waals surface area contributed by atoms with Crippen LogP contribution >= 0.6 is 11.3 Å². The molecule has 1 aromatic heterocycles. The van der Waals surface area contributed by atoms with Crippen molar-refractivity contribution < 1.29 is 4.79 Å². The first-order chi connectivity index (χ1) is 7.20. The molecule has 0 unspecified atom stereocenters. The van der Waals surface area contributed by atoms with E-state index in [0.717, 1.165) is 21.6 Å². The average Bonchev–Trinajstić information content (AvgIpc) is 2.64. The summed E-state index contributed by atoms with van der Waals surface area (Å²) in [7, 11) is 0. The Kier molecular flexibility index (Phi) is 2.69. The highest BCUT2D eigenvalue weighted by Gasteiger charge is 2.13. The fourth-order valence-electron chi connectivity index (χ4n) is 1.59. The molecule has 0 saturated carbocycles. The third-order valence-corrected chi connectivity index (χ3v) is 3.34. The van der Waals surface area contributed by atoms with Gasteiger partial charge in [-0.2, -0.15) is 0 Å². The van der Waals surface area contributed by atoms with Crippen LogP contribution in [0.2, 0.25) is 0 Å². The summed E-state index contributed by atoms with van der Waals surface area (Å²) >= 11 is 1.61. The molecule has 1 nitrogen and oxygen atoms in total. The minimum atomic E-state index is 0.131. The van der Waals surface area contributed by atoms with Crippen molar-refractivity contribution in [1.29, 1.82) is 0 Å². The van der Waals surface area contributed by atoms with Gasteiger partial charge in [-0.05, 0) is 30.9 Å². The van der Waals surface area contributed by atoms with E-state index in [4.69, 9.17) is 0 Å². The lowest BCUT2D eigenvalue weighted by atomic mass is 10.00. The topological polar surface area (TPSA) is 17.1 Å². The van der Waals surface area contributed by atoms with E-state index in [1.807, 2.05) is 49.6 Å². The Morgan fingerprint density at radius 2 is 1.80 bits per heavy atom. The fraction of sp³-hybridized carbons (Fsp3) is 0.154. The number of hydrogen-bond acceptors (Lipinski definition) is 2. The molecule has 0 amide bonds. The SMILES string of the molecule is Cc1ccccc1C(=O)c1ccsc1C. The van der Waals surface area contributed by atoms with Gasteiger partial charge in [0.05, 0.1) is 0 Å². The van der Waals surface area contributed by atoms with Crippen molar-refractivity contribution in [2.24, 2.45) is 0 Å². The summed E-state index contributed by atoms with van der Waals surface area (Å²) in [5, 5.41) is 1.96. The molecule has 1 heterocycles. The Morgan fingerprint density at radius 1 is 1.07 bits per heavy atom. The van der Waals surface area contributed by atoms with E-state index in [1.54, 1.807) is 11.3 Å². The highest BCUT2D eigenvalue weighted by atomic mass is 32.1. The molecule has 2 rings (SSSR count). The van der Waals surface area contributed by atoms with Crippen LogP contribution in [0.5, 0.6) is 0 Å². The van der Waals surface area contributed by atoms with E-state index in [-0.39, 0.29) is 5.78 Å². The van der Waals surface area contributed by atoms with E-state index in [0.29, 0.717) is 0 Å². The summed E-state index contributed by atoms with van der Waals surface area (Å²) in [6.45, 7) is 3.95. The van der Waals surface area contributed by atoms with Gasteiger partial charge in [0.1, 0.15) is 0 Å². The number of aryl methyl sites for hydroxylation is 2. The predicted octanol–water partition coefficient (Wildman–Crippen LogP) is 3.60. The monoisotopic (exact) mass is 216 g/mol. The summed E-state index contributed by atoms with van der Waals surface area (Å²) in [6, 6.07) is 9.60. The van der Waals surface area contributed by atoms with Crippen LogP contribution in [0.1, 0.15) is 26.4 Å². The molecule has 15 heavy (non-hydrogen) atoms. The normalized spacial score (nSPS) is 10.3. The lowest BCUT2D eigenvalue weighted by molar-refractivity contribution is 0.103. The first-order valence-electron chi connectivity index (χ1n) is 4.84. The molecule has 1 aromatic carbocycles. The minimum Gasteiger partial charge on any atom is -0.289 e. The molecule has 0 atom stereocenters. The van der Waals surface area contributed by atoms with E-state index >= 15 is 0 Å². The molecule has 2 aromatic rings. The van der Waals surface area contributed by atoms with Crippen molar-refractivity contribution in [1.82, 2.24) is 0 Å². The summed E-state index contributed by atoms with van der Waals surface area (Å²) < 4.78 is 0. The molecular formula is C13H12OS. The quantitative estimate of drug-likeness (QED) is 0.701. The molecule has 0 saturated heterocycles. The molecule has 0 spiro atoms. The second-order valence-electron chi connectivity index (χ2n) is 3.53. The second-order valence-corrected chi connectivity index (χ2v) is 4.65. The van der Waals surface area contributed by atoms with Gasteiger partial charge in [0, 0.05) is 16.0 Å². The highest BCUT2D eigenvalue weighted by molar-refractivity contribution is 7.10. The van der Waals surface area contributed by atoms with E-state index in [1.165, 1.54) is 0 Å². The Morgan fingerprint density at radius 3 is 2.40 bits per heavy atom. The van der Waals surface area contributed by atoms with Crippen LogP contribution in [0, 0.1) is 13.8 Å². The number of hydrogen-bond donors (Lipinski definition) is 0. The van der Waals surface area contributed by atoms with Gasteiger partial charge >= 0.3 is 0 Å². The molecule has 0 aliphatic heterocycles. The zero-order valence-electron chi connectivity index (χ0n) is 8.78. The maximum absolute atomic E-state index is 12.2. The first-order valence-corrected chi connectivity index (χ1v) is 5.72. The van der Waals surface area contributed by atoms with Crippen LogP contribution in [0.15, 0.2) is 35.7 Å². The van der Waals surface area contributed by atoms with Gasteiger partial charge in [0.15, 0.2) is 5.78 Å². The second kappa shape index (κ2) is 3.99. The zero-order valence-corrected chi connectivity index (χ0v) is 9.60. The van der Waals surface area contributed by atoms with Crippen LogP contribution in [0.25, 0.3) is 0 Å². The maximum atomic E-state index is 12.2. The number of rotatable bonds is 2. The smallest absolute Gasteiger partial charge is 0.194 e. The van der Waals surface area contributed by atoms with Gasteiger partial charge < -0.3 is 0 Å². The van der Waals surface area contributed by atoms with Crippen molar-refractivity contribution in [3.63, 3.8) is 0 Å². The lowest BCUT2D eigenvalue weighted by Gasteiger charge is -2.03. The highest BCUT2D eigenvalue weighted by Crippen LogP contribution is 2.20. The molecule has 0 bridgehead atoms. The van der Waals surface area contributed by atoms with Crippen molar-refractivity contribution in [2.45, 2.75) is 13.8 Å². The van der Waals surface area contributed by atoms with Crippen molar-refractivity contribution >= 4 is 17.1 Å². The Labute approximate surface area is 93.4 Å². The molecule has 0 N–H and O–H groups in total. The van der Waals surface area contributed by atoms with E-state index in [2.05, 4.69) is 0 Å². The van der Waals surface area contributed by atoms with Gasteiger partial charge in [0.25, 0.3) is 0 Å². The molecule has 0 fully saturated rings. The third kappa shape index (κ3) is 1.85. The Bertz CT molecular complexity index is 497. The molecule has 0 aliphatic rings. The number of carbonyl (C=O) groups excluding carboxylic acids is 1. The summed E-state index contributed by atoms with van der Waals surface area (Å²) in [5.74, 6) is 0.131. The minimum absolute atomic E-state index is 0.131. The van der Waals surface area contributed by atoms with Gasteiger partial charge in [-0.3, -0.25) is 4.79 Å². The van der Waals surface area contributed by atoms with Crippen molar-refractivity contribution in [2.75, 3.05) is 0 Å². The summed E-state index contributed by atoms with van der Waals surface area (Å²) in [6.07, 6.45) is 0. The van der Waals surface area contributed by atoms with Gasteiger partial charge in [0.2, 0.25) is 0 Å². The molecular weight excluding hydrogens is 204 g/mol. The van der Waals surface area contributed by atoms with E-state index in [9.17, 15) is 4.79 Å². The largest absolute Gasteiger partial charge is 0.289 e. The van der Waals surface area contributed by atoms with Gasteiger partial charge in [-0.15, -0.1) is 11.3 Å². The number of ketones is 1. The van der Waals surface area contributed by atoms with Crippen LogP contribution < -0.4 is 0 Å². The van der Waals surface area contributed by atoms with Crippen LogP contribution in [0.3, 0.4) is 0 Å². The maximum Gasteiger partial charge on any atom is 0.194 e. The van der Waals surface area contributed by atoms with Crippen LogP contribution in [-0.4, -0.2) is 5.78 Å². The molecule has 0 aliphatic carbocycles. The molecule has 0 radical (unpaired) electrons. The van der Waals surface area contributed by atoms with Crippen molar-refractivity contribution in [3.05, 3.63) is 57.3 Å².